The molecule has 2 atom stereocenters. The zero-order valence-electron chi connectivity index (χ0n) is 11.2. The van der Waals surface area contributed by atoms with E-state index in [1.165, 1.54) is 25.7 Å². The third kappa shape index (κ3) is 2.65. The summed E-state index contributed by atoms with van der Waals surface area (Å²) in [6.07, 6.45) is 6.99. The van der Waals surface area contributed by atoms with Crippen LogP contribution in [0.4, 0.5) is 0 Å². The van der Waals surface area contributed by atoms with Gasteiger partial charge in [-0.2, -0.15) is 0 Å². The molecule has 2 fully saturated rings. The lowest BCUT2D eigenvalue weighted by Gasteiger charge is -2.26. The summed E-state index contributed by atoms with van der Waals surface area (Å²) < 4.78 is 0. The van der Waals surface area contributed by atoms with Gasteiger partial charge in [0.1, 0.15) is 0 Å². The molecule has 3 nitrogen and oxygen atoms in total. The van der Waals surface area contributed by atoms with Gasteiger partial charge in [0.2, 0.25) is 5.91 Å². The summed E-state index contributed by atoms with van der Waals surface area (Å²) in [7, 11) is 0. The van der Waals surface area contributed by atoms with Crippen molar-refractivity contribution in [2.75, 3.05) is 6.54 Å². The van der Waals surface area contributed by atoms with E-state index < -0.39 is 0 Å². The Morgan fingerprint density at radius 1 is 1.24 bits per heavy atom. The van der Waals surface area contributed by atoms with Gasteiger partial charge in [0.25, 0.3) is 0 Å². The molecule has 17 heavy (non-hydrogen) atoms. The molecule has 0 saturated heterocycles. The van der Waals surface area contributed by atoms with Crippen LogP contribution in [0.15, 0.2) is 0 Å². The third-order valence-electron chi connectivity index (χ3n) is 4.98. The first kappa shape index (κ1) is 12.9. The molecule has 1 amide bonds. The molecule has 2 aliphatic carbocycles. The SMILES string of the molecule is CCC(N)(CC)CNC(=O)C1C2CCCCC21. The molecule has 0 aliphatic heterocycles. The predicted octanol–water partition coefficient (Wildman–Crippen LogP) is 2.06. The Labute approximate surface area is 105 Å². The number of nitrogens with two attached hydrogens (primary N) is 1. The molecule has 2 rings (SSSR count). The normalized spacial score (nSPS) is 31.8. The van der Waals surface area contributed by atoms with Gasteiger partial charge in [-0.15, -0.1) is 0 Å². The Balaban J connectivity index is 1.79. The van der Waals surface area contributed by atoms with Gasteiger partial charge < -0.3 is 11.1 Å². The summed E-state index contributed by atoms with van der Waals surface area (Å²) in [5.74, 6) is 1.97. The molecule has 0 aromatic heterocycles. The highest BCUT2D eigenvalue weighted by atomic mass is 16.2. The van der Waals surface area contributed by atoms with Crippen molar-refractivity contribution in [1.29, 1.82) is 0 Å². The van der Waals surface area contributed by atoms with Crippen LogP contribution >= 0.6 is 0 Å². The number of carbonyl (C=O) groups is 1. The summed E-state index contributed by atoms with van der Waals surface area (Å²) in [5.41, 5.74) is 5.98. The second-order valence-corrected chi connectivity index (χ2v) is 5.93. The highest BCUT2D eigenvalue weighted by molar-refractivity contribution is 5.82. The third-order valence-corrected chi connectivity index (χ3v) is 4.98. The Kier molecular flexibility index (Phi) is 3.76. The Hall–Kier alpha value is -0.570. The van der Waals surface area contributed by atoms with E-state index in [0.717, 1.165) is 12.8 Å². The van der Waals surface area contributed by atoms with Crippen molar-refractivity contribution in [2.24, 2.45) is 23.5 Å². The van der Waals surface area contributed by atoms with Crippen LogP contribution in [-0.4, -0.2) is 18.0 Å². The van der Waals surface area contributed by atoms with E-state index in [1.807, 2.05) is 0 Å². The van der Waals surface area contributed by atoms with Crippen molar-refractivity contribution in [3.05, 3.63) is 0 Å². The highest BCUT2D eigenvalue weighted by Crippen LogP contribution is 2.55. The second-order valence-electron chi connectivity index (χ2n) is 5.93. The topological polar surface area (TPSA) is 55.1 Å². The van der Waals surface area contributed by atoms with Crippen molar-refractivity contribution >= 4 is 5.91 Å². The molecule has 2 aliphatic rings. The predicted molar refractivity (Wildman–Crippen MR) is 69.4 cm³/mol. The summed E-state index contributed by atoms with van der Waals surface area (Å²) >= 11 is 0. The molecular formula is C14H26N2O. The van der Waals surface area contributed by atoms with E-state index in [4.69, 9.17) is 5.73 Å². The first-order chi connectivity index (χ1) is 8.11. The van der Waals surface area contributed by atoms with E-state index in [1.54, 1.807) is 0 Å². The maximum Gasteiger partial charge on any atom is 0.223 e. The van der Waals surface area contributed by atoms with Crippen LogP contribution in [0.5, 0.6) is 0 Å². The zero-order chi connectivity index (χ0) is 12.5. The number of rotatable bonds is 5. The molecular weight excluding hydrogens is 212 g/mol. The average molecular weight is 238 g/mol. The summed E-state index contributed by atoms with van der Waals surface area (Å²) in [6.45, 7) is 4.81. The van der Waals surface area contributed by atoms with E-state index in [-0.39, 0.29) is 11.4 Å². The summed E-state index contributed by atoms with van der Waals surface area (Å²) in [4.78, 5) is 12.1. The van der Waals surface area contributed by atoms with Crippen molar-refractivity contribution in [3.8, 4) is 0 Å². The molecule has 2 saturated carbocycles. The lowest BCUT2D eigenvalue weighted by Crippen LogP contribution is -2.49. The van der Waals surface area contributed by atoms with E-state index in [2.05, 4.69) is 19.2 Å². The standard InChI is InChI=1S/C14H26N2O/c1-3-14(15,4-2)9-16-13(17)12-10-7-5-6-8-11(10)12/h10-12H,3-9,15H2,1-2H3,(H,16,17). The van der Waals surface area contributed by atoms with Gasteiger partial charge >= 0.3 is 0 Å². The fourth-order valence-electron chi connectivity index (χ4n) is 3.26. The lowest BCUT2D eigenvalue weighted by molar-refractivity contribution is -0.123. The number of nitrogens with one attached hydrogen (secondary N) is 1. The largest absolute Gasteiger partial charge is 0.354 e. The van der Waals surface area contributed by atoms with Crippen molar-refractivity contribution < 1.29 is 4.79 Å². The first-order valence-electron chi connectivity index (χ1n) is 7.18. The summed E-state index contributed by atoms with van der Waals surface area (Å²) in [5, 5.41) is 3.08. The average Bonchev–Trinajstić information content (AvgIpc) is 3.10. The van der Waals surface area contributed by atoms with Crippen molar-refractivity contribution in [3.63, 3.8) is 0 Å². The maximum atomic E-state index is 12.1. The van der Waals surface area contributed by atoms with Gasteiger partial charge in [-0.3, -0.25) is 4.79 Å². The van der Waals surface area contributed by atoms with Gasteiger partial charge in [-0.05, 0) is 37.5 Å². The van der Waals surface area contributed by atoms with Crippen LogP contribution in [-0.2, 0) is 4.79 Å². The number of fused-ring (bicyclic) bond motifs is 1. The number of amides is 1. The molecule has 3 N–H and O–H groups in total. The maximum absolute atomic E-state index is 12.1. The molecule has 2 unspecified atom stereocenters. The monoisotopic (exact) mass is 238 g/mol. The second kappa shape index (κ2) is 4.97. The van der Waals surface area contributed by atoms with E-state index >= 15 is 0 Å². The molecule has 0 aromatic rings. The minimum absolute atomic E-state index is 0.213. The molecule has 0 heterocycles. The molecule has 0 aromatic carbocycles. The van der Waals surface area contributed by atoms with Crippen LogP contribution in [0.3, 0.4) is 0 Å². The van der Waals surface area contributed by atoms with Gasteiger partial charge in [0.15, 0.2) is 0 Å². The summed E-state index contributed by atoms with van der Waals surface area (Å²) in [6, 6.07) is 0. The smallest absolute Gasteiger partial charge is 0.223 e. The molecule has 0 bridgehead atoms. The van der Waals surface area contributed by atoms with Crippen LogP contribution in [0.25, 0.3) is 0 Å². The van der Waals surface area contributed by atoms with Gasteiger partial charge in [-0.25, -0.2) is 0 Å². The van der Waals surface area contributed by atoms with Gasteiger partial charge in [0, 0.05) is 18.0 Å². The van der Waals surface area contributed by atoms with E-state index in [0.29, 0.717) is 24.3 Å². The fraction of sp³-hybridized carbons (Fsp3) is 0.929. The first-order valence-corrected chi connectivity index (χ1v) is 7.18. The van der Waals surface area contributed by atoms with Crippen LogP contribution in [0.2, 0.25) is 0 Å². The van der Waals surface area contributed by atoms with Crippen LogP contribution in [0, 0.1) is 17.8 Å². The van der Waals surface area contributed by atoms with Gasteiger partial charge in [0.05, 0.1) is 0 Å². The number of hydrogen-bond acceptors (Lipinski definition) is 2. The minimum atomic E-state index is -0.213. The minimum Gasteiger partial charge on any atom is -0.354 e. The fourth-order valence-corrected chi connectivity index (χ4v) is 3.26. The number of hydrogen-bond donors (Lipinski definition) is 2. The van der Waals surface area contributed by atoms with Crippen LogP contribution < -0.4 is 11.1 Å². The van der Waals surface area contributed by atoms with Gasteiger partial charge in [-0.1, -0.05) is 26.7 Å². The Morgan fingerprint density at radius 3 is 2.24 bits per heavy atom. The highest BCUT2D eigenvalue weighted by Gasteiger charge is 2.54. The molecule has 98 valence electrons. The quantitative estimate of drug-likeness (QED) is 0.770. The lowest BCUT2D eigenvalue weighted by atomic mass is 9.94. The van der Waals surface area contributed by atoms with Crippen molar-refractivity contribution in [1.82, 2.24) is 5.32 Å². The van der Waals surface area contributed by atoms with Crippen molar-refractivity contribution in [2.45, 2.75) is 57.9 Å². The van der Waals surface area contributed by atoms with Crippen LogP contribution in [0.1, 0.15) is 52.4 Å². The zero-order valence-corrected chi connectivity index (χ0v) is 11.2. The molecule has 0 spiro atoms. The molecule has 0 radical (unpaired) electrons. The number of carbonyl (C=O) groups excluding carboxylic acids is 1. The Bertz CT molecular complexity index is 274. The molecule has 3 heteroatoms. The van der Waals surface area contributed by atoms with E-state index in [9.17, 15) is 4.79 Å². The Morgan fingerprint density at radius 2 is 1.76 bits per heavy atom.